The molecule has 1 unspecified atom stereocenters. The number of nitrogen functional groups attached to an aromatic ring is 1. The van der Waals surface area contributed by atoms with E-state index in [-0.39, 0.29) is 5.95 Å². The summed E-state index contributed by atoms with van der Waals surface area (Å²) in [6.07, 6.45) is 1.72. The standard InChI is InChI=1S/C10H14N6S2/c11-10-14-8(7-4-13-16-9(7)15-10)12-3-6-5-17-1-2-18-6/h4,6H,1-3,5H2,(H4,11,12,13,14,15,16). The first kappa shape index (κ1) is 11.9. The Hall–Kier alpha value is -1.15. The second kappa shape index (κ2) is 5.23. The lowest BCUT2D eigenvalue weighted by atomic mass is 10.3. The molecule has 1 aliphatic heterocycles. The lowest BCUT2D eigenvalue weighted by Gasteiger charge is -2.21. The molecule has 4 N–H and O–H groups in total. The van der Waals surface area contributed by atoms with E-state index in [0.29, 0.717) is 10.9 Å². The molecule has 1 saturated heterocycles. The minimum Gasteiger partial charge on any atom is -0.368 e. The number of rotatable bonds is 3. The molecule has 2 aromatic heterocycles. The van der Waals surface area contributed by atoms with Crippen molar-refractivity contribution in [3.8, 4) is 0 Å². The number of H-pyrrole nitrogens is 1. The topological polar surface area (TPSA) is 92.5 Å². The second-order valence-electron chi connectivity index (χ2n) is 4.01. The van der Waals surface area contributed by atoms with Gasteiger partial charge in [0.15, 0.2) is 5.65 Å². The van der Waals surface area contributed by atoms with Gasteiger partial charge in [-0.3, -0.25) is 5.10 Å². The van der Waals surface area contributed by atoms with Crippen LogP contribution in [0.5, 0.6) is 0 Å². The van der Waals surface area contributed by atoms with Gasteiger partial charge in [0.1, 0.15) is 5.82 Å². The van der Waals surface area contributed by atoms with Crippen molar-refractivity contribution in [1.29, 1.82) is 0 Å². The number of aromatic nitrogens is 4. The molecule has 0 bridgehead atoms. The fourth-order valence-corrected chi connectivity index (χ4v) is 4.46. The predicted molar refractivity (Wildman–Crippen MR) is 78.2 cm³/mol. The number of hydrogen-bond acceptors (Lipinski definition) is 7. The van der Waals surface area contributed by atoms with Crippen molar-refractivity contribution in [3.63, 3.8) is 0 Å². The minimum absolute atomic E-state index is 0.264. The van der Waals surface area contributed by atoms with Gasteiger partial charge in [-0.2, -0.15) is 38.6 Å². The molecule has 1 aliphatic rings. The Kier molecular flexibility index (Phi) is 3.46. The van der Waals surface area contributed by atoms with Crippen molar-refractivity contribution >= 4 is 46.3 Å². The highest BCUT2D eigenvalue weighted by Gasteiger charge is 2.15. The molecule has 18 heavy (non-hydrogen) atoms. The van der Waals surface area contributed by atoms with Gasteiger partial charge < -0.3 is 11.1 Å². The van der Waals surface area contributed by atoms with Gasteiger partial charge in [0.2, 0.25) is 5.95 Å². The number of nitrogens with zero attached hydrogens (tertiary/aromatic N) is 3. The number of nitrogens with one attached hydrogen (secondary N) is 2. The monoisotopic (exact) mass is 282 g/mol. The maximum Gasteiger partial charge on any atom is 0.224 e. The van der Waals surface area contributed by atoms with Gasteiger partial charge in [-0.15, -0.1) is 0 Å². The van der Waals surface area contributed by atoms with E-state index in [0.717, 1.165) is 17.7 Å². The van der Waals surface area contributed by atoms with Gasteiger partial charge >= 0.3 is 0 Å². The summed E-state index contributed by atoms with van der Waals surface area (Å²) in [4.78, 5) is 8.33. The second-order valence-corrected chi connectivity index (χ2v) is 6.57. The number of anilines is 2. The average Bonchev–Trinajstić information content (AvgIpc) is 2.85. The molecule has 0 aliphatic carbocycles. The van der Waals surface area contributed by atoms with Crippen molar-refractivity contribution in [2.75, 3.05) is 34.9 Å². The molecule has 8 heteroatoms. The number of hydrogen-bond donors (Lipinski definition) is 3. The molecule has 2 aromatic rings. The molecule has 0 saturated carbocycles. The Morgan fingerprint density at radius 3 is 3.22 bits per heavy atom. The highest BCUT2D eigenvalue weighted by atomic mass is 32.2. The van der Waals surface area contributed by atoms with E-state index >= 15 is 0 Å². The summed E-state index contributed by atoms with van der Waals surface area (Å²) >= 11 is 4.02. The number of fused-ring (bicyclic) bond motifs is 1. The molecule has 0 radical (unpaired) electrons. The van der Waals surface area contributed by atoms with Crippen molar-refractivity contribution in [1.82, 2.24) is 20.2 Å². The maximum atomic E-state index is 5.67. The zero-order valence-electron chi connectivity index (χ0n) is 9.72. The zero-order chi connectivity index (χ0) is 12.4. The molecule has 1 atom stereocenters. The van der Waals surface area contributed by atoms with Gasteiger partial charge in [-0.05, 0) is 0 Å². The minimum atomic E-state index is 0.264. The smallest absolute Gasteiger partial charge is 0.224 e. The zero-order valence-corrected chi connectivity index (χ0v) is 11.4. The molecule has 0 amide bonds. The SMILES string of the molecule is Nc1nc(NCC2CSCCS2)c2cn[nH]c2n1. The normalized spacial score (nSPS) is 20.1. The summed E-state index contributed by atoms with van der Waals surface area (Å²) in [6.45, 7) is 0.897. The van der Waals surface area contributed by atoms with Gasteiger partial charge in [-0.1, -0.05) is 0 Å². The lowest BCUT2D eigenvalue weighted by molar-refractivity contribution is 0.994. The van der Waals surface area contributed by atoms with Crippen molar-refractivity contribution < 1.29 is 0 Å². The van der Waals surface area contributed by atoms with E-state index in [1.165, 1.54) is 17.3 Å². The average molecular weight is 282 g/mol. The highest BCUT2D eigenvalue weighted by Crippen LogP contribution is 2.25. The fourth-order valence-electron chi connectivity index (χ4n) is 1.85. The Morgan fingerprint density at radius 1 is 1.44 bits per heavy atom. The molecule has 0 aromatic carbocycles. The molecule has 3 rings (SSSR count). The first-order chi connectivity index (χ1) is 8.83. The Bertz CT molecular complexity index is 536. The number of thioether (sulfide) groups is 2. The van der Waals surface area contributed by atoms with Crippen molar-refractivity contribution in [2.24, 2.45) is 0 Å². The van der Waals surface area contributed by atoms with Gasteiger partial charge in [-0.25, -0.2) is 0 Å². The molecule has 0 spiro atoms. The van der Waals surface area contributed by atoms with Crippen LogP contribution in [0.25, 0.3) is 11.0 Å². The Balaban J connectivity index is 1.75. The summed E-state index contributed by atoms with van der Waals surface area (Å²) in [5.41, 5.74) is 6.35. The van der Waals surface area contributed by atoms with Crippen LogP contribution in [0.15, 0.2) is 6.20 Å². The molecule has 96 valence electrons. The first-order valence-corrected chi connectivity index (χ1v) is 7.93. The van der Waals surface area contributed by atoms with Crippen LogP contribution in [0.2, 0.25) is 0 Å². The fraction of sp³-hybridized carbons (Fsp3) is 0.500. The molecular formula is C10H14N6S2. The molecule has 1 fully saturated rings. The van der Waals surface area contributed by atoms with Gasteiger partial charge in [0, 0.05) is 29.1 Å². The summed E-state index contributed by atoms with van der Waals surface area (Å²) in [7, 11) is 0. The van der Waals surface area contributed by atoms with Crippen molar-refractivity contribution in [2.45, 2.75) is 5.25 Å². The predicted octanol–water partition coefficient (Wildman–Crippen LogP) is 1.20. The van der Waals surface area contributed by atoms with E-state index < -0.39 is 0 Å². The van der Waals surface area contributed by atoms with Crippen LogP contribution in [0.1, 0.15) is 0 Å². The van der Waals surface area contributed by atoms with Crippen LogP contribution < -0.4 is 11.1 Å². The maximum absolute atomic E-state index is 5.67. The van der Waals surface area contributed by atoms with Crippen LogP contribution in [-0.2, 0) is 0 Å². The largest absolute Gasteiger partial charge is 0.368 e. The quantitative estimate of drug-likeness (QED) is 0.778. The van der Waals surface area contributed by atoms with Crippen LogP contribution >= 0.6 is 23.5 Å². The highest BCUT2D eigenvalue weighted by molar-refractivity contribution is 8.06. The number of aromatic amines is 1. The summed E-state index contributed by atoms with van der Waals surface area (Å²) in [6, 6.07) is 0. The Morgan fingerprint density at radius 2 is 2.39 bits per heavy atom. The van der Waals surface area contributed by atoms with E-state index in [9.17, 15) is 0 Å². The summed E-state index contributed by atoms with van der Waals surface area (Å²) in [5.74, 6) is 4.70. The molecule has 6 nitrogen and oxygen atoms in total. The first-order valence-electron chi connectivity index (χ1n) is 5.73. The van der Waals surface area contributed by atoms with E-state index in [1.807, 2.05) is 23.5 Å². The van der Waals surface area contributed by atoms with Gasteiger partial charge in [0.25, 0.3) is 0 Å². The van der Waals surface area contributed by atoms with Crippen LogP contribution in [0.3, 0.4) is 0 Å². The van der Waals surface area contributed by atoms with E-state index in [1.54, 1.807) is 6.20 Å². The van der Waals surface area contributed by atoms with Gasteiger partial charge in [0.05, 0.1) is 11.6 Å². The third-order valence-electron chi connectivity index (χ3n) is 2.71. The van der Waals surface area contributed by atoms with Crippen molar-refractivity contribution in [3.05, 3.63) is 6.20 Å². The molecule has 3 heterocycles. The third kappa shape index (κ3) is 2.49. The third-order valence-corrected chi connectivity index (χ3v) is 5.55. The van der Waals surface area contributed by atoms with E-state index in [4.69, 9.17) is 5.73 Å². The Labute approximate surface area is 113 Å². The summed E-state index contributed by atoms with van der Waals surface area (Å²) < 4.78 is 0. The summed E-state index contributed by atoms with van der Waals surface area (Å²) in [5, 5.41) is 11.6. The van der Waals surface area contributed by atoms with E-state index in [2.05, 4.69) is 25.5 Å². The van der Waals surface area contributed by atoms with Crippen LogP contribution in [0.4, 0.5) is 11.8 Å². The lowest BCUT2D eigenvalue weighted by Crippen LogP contribution is -2.23. The van der Waals surface area contributed by atoms with Crippen LogP contribution in [0, 0.1) is 0 Å². The number of nitrogens with two attached hydrogens (primary N) is 1. The molecular weight excluding hydrogens is 268 g/mol. The van der Waals surface area contributed by atoms with Crippen LogP contribution in [-0.4, -0.2) is 49.2 Å².